The van der Waals surface area contributed by atoms with Crippen LogP contribution in [0.3, 0.4) is 0 Å². The molecule has 8 nitrogen and oxygen atoms in total. The lowest BCUT2D eigenvalue weighted by Crippen LogP contribution is -2.47. The minimum atomic E-state index is -0.508. The predicted molar refractivity (Wildman–Crippen MR) is 80.5 cm³/mol. The van der Waals surface area contributed by atoms with Gasteiger partial charge in [-0.2, -0.15) is 5.01 Å². The molecule has 1 aliphatic rings. The number of nitrogens with one attached hydrogen (secondary N) is 2. The number of H-pyrrole nitrogens is 1. The lowest BCUT2D eigenvalue weighted by atomic mass is 10.1. The Bertz CT molecular complexity index is 595. The van der Waals surface area contributed by atoms with Crippen molar-refractivity contribution in [1.29, 1.82) is 0 Å². The van der Waals surface area contributed by atoms with E-state index in [1.165, 1.54) is 0 Å². The van der Waals surface area contributed by atoms with Gasteiger partial charge in [0.15, 0.2) is 0 Å². The number of carbonyl (C=O) groups excluding carboxylic acids is 1. The zero-order chi connectivity index (χ0) is 16.0. The number of nitrogen functional groups attached to an aromatic ring is 1. The predicted octanol–water partition coefficient (Wildman–Crippen LogP) is 0.492. The highest BCUT2D eigenvalue weighted by Gasteiger charge is 2.37. The van der Waals surface area contributed by atoms with Gasteiger partial charge in [0.1, 0.15) is 5.82 Å². The molecule has 1 saturated heterocycles. The van der Waals surface area contributed by atoms with Crippen molar-refractivity contribution in [2.75, 3.05) is 18.9 Å². The minimum absolute atomic E-state index is 0.126. The molecular formula is C13H24N6O2. The highest BCUT2D eigenvalue weighted by Crippen LogP contribution is 2.21. The molecule has 0 aromatic carbocycles. The number of aromatic nitrogens is 2. The number of hydrazine groups is 1. The number of hydrogen-bond donors (Lipinski definition) is 3. The van der Waals surface area contributed by atoms with Crippen molar-refractivity contribution in [3.63, 3.8) is 0 Å². The molecule has 0 aliphatic carbocycles. The highest BCUT2D eigenvalue weighted by molar-refractivity contribution is 5.76. The van der Waals surface area contributed by atoms with Crippen molar-refractivity contribution in [2.45, 2.75) is 45.7 Å². The molecule has 118 valence electrons. The molecule has 1 aliphatic heterocycles. The van der Waals surface area contributed by atoms with Gasteiger partial charge in [0.05, 0.1) is 12.2 Å². The summed E-state index contributed by atoms with van der Waals surface area (Å²) in [7, 11) is 0. The third-order valence-corrected chi connectivity index (χ3v) is 3.59. The van der Waals surface area contributed by atoms with Crippen LogP contribution in [0.15, 0.2) is 11.0 Å². The van der Waals surface area contributed by atoms with E-state index in [0.29, 0.717) is 19.0 Å². The third-order valence-electron chi connectivity index (χ3n) is 3.59. The van der Waals surface area contributed by atoms with Gasteiger partial charge >= 0.3 is 11.7 Å². The summed E-state index contributed by atoms with van der Waals surface area (Å²) in [6.45, 7) is 10.8. The number of anilines is 1. The topological polar surface area (TPSA) is 99.4 Å². The molecule has 2 amide bonds. The lowest BCUT2D eigenvalue weighted by molar-refractivity contribution is 0.115. The van der Waals surface area contributed by atoms with Gasteiger partial charge < -0.3 is 10.6 Å². The summed E-state index contributed by atoms with van der Waals surface area (Å²) in [5, 5.41) is 1.81. The normalized spacial score (nSPS) is 17.4. The second-order valence-corrected chi connectivity index (χ2v) is 7.05. The molecule has 1 aromatic rings. The van der Waals surface area contributed by atoms with Crippen LogP contribution in [0.25, 0.3) is 0 Å². The number of hydrogen-bond acceptors (Lipinski definition) is 4. The van der Waals surface area contributed by atoms with E-state index in [1.807, 2.05) is 39.6 Å². The molecule has 0 bridgehead atoms. The molecule has 4 N–H and O–H groups in total. The van der Waals surface area contributed by atoms with Crippen molar-refractivity contribution < 1.29 is 4.79 Å². The smallest absolute Gasteiger partial charge is 0.333 e. The summed E-state index contributed by atoms with van der Waals surface area (Å²) in [6.07, 6.45) is 1.59. The van der Waals surface area contributed by atoms with Crippen molar-refractivity contribution >= 4 is 11.8 Å². The van der Waals surface area contributed by atoms with Gasteiger partial charge in [-0.15, -0.1) is 0 Å². The zero-order valence-corrected chi connectivity index (χ0v) is 13.2. The first-order chi connectivity index (χ1) is 9.50. The second-order valence-electron chi connectivity index (χ2n) is 7.05. The van der Waals surface area contributed by atoms with Crippen LogP contribution in [0.2, 0.25) is 0 Å². The number of nitrogens with two attached hydrogens (primary N) is 1. The number of urea groups is 1. The number of carbonyl (C=O) groups is 1. The summed E-state index contributed by atoms with van der Waals surface area (Å²) < 4.78 is 1.55. The van der Waals surface area contributed by atoms with Gasteiger partial charge in [0, 0.05) is 18.3 Å². The van der Waals surface area contributed by atoms with Crippen LogP contribution >= 0.6 is 0 Å². The molecule has 21 heavy (non-hydrogen) atoms. The molecule has 0 saturated carbocycles. The van der Waals surface area contributed by atoms with Gasteiger partial charge in [-0.05, 0) is 34.6 Å². The Labute approximate surface area is 123 Å². The number of amides is 2. The van der Waals surface area contributed by atoms with E-state index in [-0.39, 0.29) is 17.3 Å². The maximum Gasteiger partial charge on any atom is 0.333 e. The molecule has 1 aromatic heterocycles. The average molecular weight is 296 g/mol. The first kappa shape index (κ1) is 15.4. The molecule has 0 radical (unpaired) electrons. The monoisotopic (exact) mass is 296 g/mol. The summed E-state index contributed by atoms with van der Waals surface area (Å²) in [4.78, 5) is 28.2. The highest BCUT2D eigenvalue weighted by atomic mass is 16.2. The van der Waals surface area contributed by atoms with Crippen molar-refractivity contribution in [3.05, 3.63) is 16.7 Å². The number of rotatable bonds is 3. The van der Waals surface area contributed by atoms with Crippen LogP contribution in [0.1, 0.15) is 34.6 Å². The Hall–Kier alpha value is -1.96. The van der Waals surface area contributed by atoms with Crippen LogP contribution in [0, 0.1) is 0 Å². The standard InChI is InChI=1S/C13H24N6O2/c1-12(2,3)19-8-17(16-11(19)21)7-13(4,5)18-6-9(14)15-10(18)20/h6H,7-8,14H2,1-5H3,(H,15,20)(H,16,21). The lowest BCUT2D eigenvalue weighted by Gasteiger charge is -2.32. The molecule has 0 unspecified atom stereocenters. The van der Waals surface area contributed by atoms with Crippen LogP contribution in [0.4, 0.5) is 10.6 Å². The third kappa shape index (κ3) is 3.05. The molecule has 8 heteroatoms. The summed E-state index contributed by atoms with van der Waals surface area (Å²) in [6, 6.07) is -0.126. The number of imidazole rings is 1. The average Bonchev–Trinajstić information content (AvgIpc) is 2.80. The van der Waals surface area contributed by atoms with E-state index in [2.05, 4.69) is 10.4 Å². The van der Waals surface area contributed by atoms with Crippen LogP contribution in [-0.4, -0.2) is 44.2 Å². The van der Waals surface area contributed by atoms with Crippen LogP contribution in [0.5, 0.6) is 0 Å². The SMILES string of the molecule is CC(C)(C)N1CN(CC(C)(C)n2cc(N)[nH]c2=O)NC1=O. The van der Waals surface area contributed by atoms with Crippen molar-refractivity contribution in [2.24, 2.45) is 0 Å². The first-order valence-electron chi connectivity index (χ1n) is 6.91. The molecule has 2 heterocycles. The summed E-state index contributed by atoms with van der Waals surface area (Å²) in [5.41, 5.74) is 7.43. The first-order valence-corrected chi connectivity index (χ1v) is 6.91. The Kier molecular flexibility index (Phi) is 3.53. The van der Waals surface area contributed by atoms with E-state index < -0.39 is 5.54 Å². The van der Waals surface area contributed by atoms with E-state index in [9.17, 15) is 9.59 Å². The van der Waals surface area contributed by atoms with Crippen LogP contribution in [-0.2, 0) is 5.54 Å². The van der Waals surface area contributed by atoms with Gasteiger partial charge in [-0.3, -0.25) is 15.0 Å². The van der Waals surface area contributed by atoms with Crippen LogP contribution < -0.4 is 16.8 Å². The Morgan fingerprint density at radius 3 is 2.29 bits per heavy atom. The number of nitrogens with zero attached hydrogens (tertiary/aromatic N) is 3. The second kappa shape index (κ2) is 4.80. The van der Waals surface area contributed by atoms with Gasteiger partial charge in [-0.1, -0.05) is 0 Å². The quantitative estimate of drug-likeness (QED) is 0.756. The Balaban J connectivity index is 2.14. The maximum absolute atomic E-state index is 12.0. The van der Waals surface area contributed by atoms with E-state index in [1.54, 1.807) is 15.7 Å². The Morgan fingerprint density at radius 2 is 1.86 bits per heavy atom. The van der Waals surface area contributed by atoms with E-state index in [0.717, 1.165) is 0 Å². The fraction of sp³-hybridized carbons (Fsp3) is 0.692. The molecule has 0 atom stereocenters. The molecular weight excluding hydrogens is 272 g/mol. The van der Waals surface area contributed by atoms with E-state index in [4.69, 9.17) is 5.73 Å². The van der Waals surface area contributed by atoms with Gasteiger partial charge in [0.2, 0.25) is 0 Å². The fourth-order valence-corrected chi connectivity index (χ4v) is 2.48. The number of aromatic amines is 1. The zero-order valence-electron chi connectivity index (χ0n) is 13.2. The Morgan fingerprint density at radius 1 is 1.24 bits per heavy atom. The largest absolute Gasteiger partial charge is 0.384 e. The van der Waals surface area contributed by atoms with Gasteiger partial charge in [-0.25, -0.2) is 9.59 Å². The van der Waals surface area contributed by atoms with Crippen molar-refractivity contribution in [1.82, 2.24) is 24.9 Å². The minimum Gasteiger partial charge on any atom is -0.384 e. The van der Waals surface area contributed by atoms with E-state index >= 15 is 0 Å². The summed E-state index contributed by atoms with van der Waals surface area (Å²) in [5.74, 6) is 0.329. The molecule has 0 spiro atoms. The summed E-state index contributed by atoms with van der Waals surface area (Å²) >= 11 is 0. The molecule has 1 fully saturated rings. The molecule has 2 rings (SSSR count). The van der Waals surface area contributed by atoms with Gasteiger partial charge in [0.25, 0.3) is 0 Å². The maximum atomic E-state index is 12.0. The van der Waals surface area contributed by atoms with Crippen molar-refractivity contribution in [3.8, 4) is 0 Å². The fourth-order valence-electron chi connectivity index (χ4n) is 2.48.